The van der Waals surface area contributed by atoms with E-state index in [9.17, 15) is 13.2 Å². The van der Waals surface area contributed by atoms with E-state index in [1.165, 1.54) is 10.6 Å². The summed E-state index contributed by atoms with van der Waals surface area (Å²) in [5.74, 6) is -0.212. The molecule has 0 bridgehead atoms. The molecule has 2 N–H and O–H groups in total. The first-order chi connectivity index (χ1) is 11.0. The SMILES string of the molecule is CS(=O)(=O)N1CCCCC1CNC(=O)c1ccnc2[nH]ccc12. The number of H-pyrrole nitrogens is 1. The molecule has 7 nitrogen and oxygen atoms in total. The van der Waals surface area contributed by atoms with Gasteiger partial charge in [0.1, 0.15) is 5.65 Å². The van der Waals surface area contributed by atoms with Gasteiger partial charge in [-0.15, -0.1) is 0 Å². The number of pyridine rings is 1. The van der Waals surface area contributed by atoms with Crippen molar-refractivity contribution >= 4 is 27.0 Å². The number of aromatic amines is 1. The third kappa shape index (κ3) is 3.37. The van der Waals surface area contributed by atoms with Crippen LogP contribution in [0, 0.1) is 0 Å². The van der Waals surface area contributed by atoms with Gasteiger partial charge < -0.3 is 10.3 Å². The van der Waals surface area contributed by atoms with Crippen LogP contribution in [0.2, 0.25) is 0 Å². The number of sulfonamides is 1. The zero-order valence-electron chi connectivity index (χ0n) is 12.9. The minimum atomic E-state index is -3.25. The largest absolute Gasteiger partial charge is 0.350 e. The summed E-state index contributed by atoms with van der Waals surface area (Å²) >= 11 is 0. The predicted octanol–water partition coefficient (Wildman–Crippen LogP) is 1.11. The van der Waals surface area contributed by atoms with Crippen molar-refractivity contribution in [2.45, 2.75) is 25.3 Å². The maximum atomic E-state index is 12.4. The van der Waals surface area contributed by atoms with Crippen molar-refractivity contribution in [3.63, 3.8) is 0 Å². The van der Waals surface area contributed by atoms with Crippen LogP contribution >= 0.6 is 0 Å². The minimum absolute atomic E-state index is 0.175. The molecule has 8 heteroatoms. The number of rotatable bonds is 4. The quantitative estimate of drug-likeness (QED) is 0.874. The number of fused-ring (bicyclic) bond motifs is 1. The summed E-state index contributed by atoms with van der Waals surface area (Å²) in [6, 6.07) is 3.30. The van der Waals surface area contributed by atoms with Gasteiger partial charge in [0, 0.05) is 36.9 Å². The third-order valence-corrected chi connectivity index (χ3v) is 5.53. The topological polar surface area (TPSA) is 95.2 Å². The molecule has 1 aliphatic rings. The Kier molecular flexibility index (Phi) is 4.36. The number of carbonyl (C=O) groups excluding carboxylic acids is 1. The van der Waals surface area contributed by atoms with E-state index in [1.807, 2.05) is 0 Å². The highest BCUT2D eigenvalue weighted by molar-refractivity contribution is 7.88. The lowest BCUT2D eigenvalue weighted by Crippen LogP contribution is -2.48. The van der Waals surface area contributed by atoms with E-state index in [0.29, 0.717) is 24.3 Å². The molecule has 1 atom stereocenters. The maximum Gasteiger partial charge on any atom is 0.252 e. The van der Waals surface area contributed by atoms with Gasteiger partial charge in [0.25, 0.3) is 5.91 Å². The van der Waals surface area contributed by atoms with E-state index in [1.54, 1.807) is 24.5 Å². The number of aromatic nitrogens is 2. The summed E-state index contributed by atoms with van der Waals surface area (Å²) in [6.45, 7) is 0.844. The van der Waals surface area contributed by atoms with Gasteiger partial charge in [-0.1, -0.05) is 6.42 Å². The Morgan fingerprint density at radius 3 is 3.04 bits per heavy atom. The highest BCUT2D eigenvalue weighted by Gasteiger charge is 2.29. The highest BCUT2D eigenvalue weighted by Crippen LogP contribution is 2.20. The van der Waals surface area contributed by atoms with Crippen LogP contribution in [0.3, 0.4) is 0 Å². The second-order valence-electron chi connectivity index (χ2n) is 5.83. The average Bonchev–Trinajstić information content (AvgIpc) is 3.00. The van der Waals surface area contributed by atoms with E-state index in [4.69, 9.17) is 0 Å². The van der Waals surface area contributed by atoms with E-state index in [0.717, 1.165) is 24.6 Å². The van der Waals surface area contributed by atoms with Crippen molar-refractivity contribution < 1.29 is 13.2 Å². The Morgan fingerprint density at radius 1 is 1.43 bits per heavy atom. The fourth-order valence-electron chi connectivity index (χ4n) is 3.08. The summed E-state index contributed by atoms with van der Waals surface area (Å²) in [5.41, 5.74) is 1.20. The van der Waals surface area contributed by atoms with Crippen LogP contribution in [0.25, 0.3) is 11.0 Å². The Balaban J connectivity index is 1.72. The monoisotopic (exact) mass is 336 g/mol. The van der Waals surface area contributed by atoms with Crippen LogP contribution in [0.1, 0.15) is 29.6 Å². The lowest BCUT2D eigenvalue weighted by molar-refractivity contribution is 0.0941. The van der Waals surface area contributed by atoms with Crippen molar-refractivity contribution in [1.29, 1.82) is 0 Å². The average molecular weight is 336 g/mol. The fraction of sp³-hybridized carbons (Fsp3) is 0.467. The molecule has 1 saturated heterocycles. The Morgan fingerprint density at radius 2 is 2.26 bits per heavy atom. The molecule has 3 heterocycles. The van der Waals surface area contributed by atoms with Crippen molar-refractivity contribution in [3.05, 3.63) is 30.1 Å². The lowest BCUT2D eigenvalue weighted by Gasteiger charge is -2.33. The van der Waals surface area contributed by atoms with Crippen molar-refractivity contribution in [2.24, 2.45) is 0 Å². The van der Waals surface area contributed by atoms with Crippen LogP contribution < -0.4 is 5.32 Å². The van der Waals surface area contributed by atoms with E-state index < -0.39 is 10.0 Å². The molecular weight excluding hydrogens is 316 g/mol. The molecule has 3 rings (SSSR count). The van der Waals surface area contributed by atoms with Crippen molar-refractivity contribution in [3.8, 4) is 0 Å². The second kappa shape index (κ2) is 6.29. The standard InChI is InChI=1S/C15H20N4O3S/c1-23(21,22)19-9-3-2-4-11(19)10-18-15(20)13-6-8-17-14-12(13)5-7-16-14/h5-8,11H,2-4,9-10H2,1H3,(H,16,17)(H,18,20). The van der Waals surface area contributed by atoms with Gasteiger partial charge in [-0.25, -0.2) is 13.4 Å². The second-order valence-corrected chi connectivity index (χ2v) is 7.77. The number of hydrogen-bond acceptors (Lipinski definition) is 4. The molecule has 2 aromatic rings. The molecule has 0 aromatic carbocycles. The predicted molar refractivity (Wildman–Crippen MR) is 87.6 cm³/mol. The maximum absolute atomic E-state index is 12.4. The molecule has 0 spiro atoms. The number of nitrogens with zero attached hydrogens (tertiary/aromatic N) is 2. The molecule has 1 fully saturated rings. The van der Waals surface area contributed by atoms with E-state index in [2.05, 4.69) is 15.3 Å². The van der Waals surface area contributed by atoms with Gasteiger partial charge in [-0.2, -0.15) is 4.31 Å². The van der Waals surface area contributed by atoms with Crippen LogP contribution in [-0.2, 0) is 10.0 Å². The zero-order chi connectivity index (χ0) is 16.4. The van der Waals surface area contributed by atoms with Crippen LogP contribution in [0.4, 0.5) is 0 Å². The van der Waals surface area contributed by atoms with Crippen molar-refractivity contribution in [1.82, 2.24) is 19.6 Å². The van der Waals surface area contributed by atoms with Gasteiger partial charge in [0.05, 0.1) is 11.8 Å². The fourth-order valence-corrected chi connectivity index (χ4v) is 4.26. The Labute approximate surface area is 135 Å². The van der Waals surface area contributed by atoms with Gasteiger partial charge in [0.2, 0.25) is 10.0 Å². The first kappa shape index (κ1) is 15.9. The number of hydrogen-bond donors (Lipinski definition) is 2. The van der Waals surface area contributed by atoms with Gasteiger partial charge >= 0.3 is 0 Å². The summed E-state index contributed by atoms with van der Waals surface area (Å²) in [7, 11) is -3.25. The first-order valence-electron chi connectivity index (χ1n) is 7.64. The highest BCUT2D eigenvalue weighted by atomic mass is 32.2. The Bertz CT molecular complexity index is 815. The molecule has 0 aliphatic carbocycles. The van der Waals surface area contributed by atoms with Crippen molar-refractivity contribution in [2.75, 3.05) is 19.3 Å². The molecule has 23 heavy (non-hydrogen) atoms. The molecule has 0 saturated carbocycles. The van der Waals surface area contributed by atoms with Gasteiger partial charge in [0.15, 0.2) is 0 Å². The summed E-state index contributed by atoms with van der Waals surface area (Å²) in [4.78, 5) is 19.6. The van der Waals surface area contributed by atoms with Crippen LogP contribution in [0.15, 0.2) is 24.5 Å². The summed E-state index contributed by atoms with van der Waals surface area (Å²) < 4.78 is 25.2. The molecule has 2 aromatic heterocycles. The van der Waals surface area contributed by atoms with Gasteiger partial charge in [-0.3, -0.25) is 4.79 Å². The van der Waals surface area contributed by atoms with Crippen LogP contribution in [-0.4, -0.2) is 54.0 Å². The van der Waals surface area contributed by atoms with Crippen LogP contribution in [0.5, 0.6) is 0 Å². The Hall–Kier alpha value is -1.93. The number of piperidine rings is 1. The molecule has 124 valence electrons. The minimum Gasteiger partial charge on any atom is -0.350 e. The lowest BCUT2D eigenvalue weighted by atomic mass is 10.0. The van der Waals surface area contributed by atoms with E-state index >= 15 is 0 Å². The van der Waals surface area contributed by atoms with E-state index in [-0.39, 0.29) is 11.9 Å². The molecular formula is C15H20N4O3S. The molecule has 1 aliphatic heterocycles. The smallest absolute Gasteiger partial charge is 0.252 e. The number of amides is 1. The number of nitrogens with one attached hydrogen (secondary N) is 2. The normalized spacial score (nSPS) is 19.8. The summed E-state index contributed by atoms with van der Waals surface area (Å²) in [5, 5.41) is 3.62. The summed E-state index contributed by atoms with van der Waals surface area (Å²) in [6.07, 6.45) is 7.15. The zero-order valence-corrected chi connectivity index (χ0v) is 13.8. The molecule has 1 amide bonds. The molecule has 0 radical (unpaired) electrons. The first-order valence-corrected chi connectivity index (χ1v) is 9.49. The number of carbonyl (C=O) groups is 1. The third-order valence-electron chi connectivity index (χ3n) is 4.20. The molecule has 1 unspecified atom stereocenters. The van der Waals surface area contributed by atoms with Gasteiger partial charge in [-0.05, 0) is 25.0 Å².